The van der Waals surface area contributed by atoms with Crippen LogP contribution in [0.2, 0.25) is 0 Å². The Morgan fingerprint density at radius 3 is 2.00 bits per heavy atom. The van der Waals surface area contributed by atoms with Gasteiger partial charge >= 0.3 is 5.92 Å². The summed E-state index contributed by atoms with van der Waals surface area (Å²) in [5.74, 6) is -7.66. The normalized spacial score (nSPS) is 11.5. The second kappa shape index (κ2) is 3.60. The highest BCUT2D eigenvalue weighted by molar-refractivity contribution is 6.08. The number of hydrogen-bond acceptors (Lipinski definition) is 2. The van der Waals surface area contributed by atoms with Crippen LogP contribution in [0.3, 0.4) is 0 Å². The third-order valence-electron chi connectivity index (χ3n) is 1.35. The van der Waals surface area contributed by atoms with Gasteiger partial charge in [0.2, 0.25) is 5.78 Å². The van der Waals surface area contributed by atoms with E-state index in [-0.39, 0.29) is 0 Å². The molecule has 3 nitrogen and oxygen atoms in total. The maximum atomic E-state index is 12.7. The average molecular weight is 179 g/mol. The Labute approximate surface area is 69.1 Å². The van der Waals surface area contributed by atoms with Crippen LogP contribution >= 0.6 is 0 Å². The first-order chi connectivity index (χ1) is 5.34. The zero-order chi connectivity index (χ0) is 9.94. The molecule has 0 aromatic rings. The van der Waals surface area contributed by atoms with Crippen molar-refractivity contribution in [1.82, 2.24) is 5.32 Å². The molecule has 0 aromatic heterocycles. The Hall–Kier alpha value is -1.00. The fraction of sp³-hybridized carbons (Fsp3) is 0.714. The molecule has 1 N–H and O–H groups in total. The molecule has 0 spiro atoms. The van der Waals surface area contributed by atoms with Crippen molar-refractivity contribution in [3.8, 4) is 0 Å². The van der Waals surface area contributed by atoms with Gasteiger partial charge in [0.15, 0.2) is 0 Å². The van der Waals surface area contributed by atoms with E-state index in [0.29, 0.717) is 0 Å². The molecule has 0 atom stereocenters. The van der Waals surface area contributed by atoms with Crippen molar-refractivity contribution >= 4 is 11.7 Å². The topological polar surface area (TPSA) is 46.2 Å². The summed E-state index contributed by atoms with van der Waals surface area (Å²) in [4.78, 5) is 21.3. The lowest BCUT2D eigenvalue weighted by Gasteiger charge is -2.14. The fourth-order valence-electron chi connectivity index (χ4n) is 0.631. The molecule has 0 aromatic carbocycles. The molecule has 0 aliphatic carbocycles. The quantitative estimate of drug-likeness (QED) is 0.644. The number of ketones is 1. The Kier molecular flexibility index (Phi) is 3.30. The molecule has 5 heteroatoms. The third-order valence-corrected chi connectivity index (χ3v) is 1.35. The van der Waals surface area contributed by atoms with Crippen molar-refractivity contribution in [1.29, 1.82) is 0 Å². The molecule has 0 aliphatic rings. The lowest BCUT2D eigenvalue weighted by Crippen LogP contribution is -2.46. The number of nitrogens with one attached hydrogen (secondary N) is 1. The minimum Gasteiger partial charge on any atom is -0.354 e. The van der Waals surface area contributed by atoms with Gasteiger partial charge in [-0.15, -0.1) is 0 Å². The van der Waals surface area contributed by atoms with Gasteiger partial charge in [0.25, 0.3) is 5.91 Å². The monoisotopic (exact) mass is 179 g/mol. The first-order valence-electron chi connectivity index (χ1n) is 3.48. The summed E-state index contributed by atoms with van der Waals surface area (Å²) >= 11 is 0. The van der Waals surface area contributed by atoms with Gasteiger partial charge in [-0.3, -0.25) is 9.59 Å². The number of hydrogen-bond donors (Lipinski definition) is 1. The molecular formula is C7H11F2NO2. The predicted molar refractivity (Wildman–Crippen MR) is 38.9 cm³/mol. The number of carbonyl (C=O) groups is 2. The summed E-state index contributed by atoms with van der Waals surface area (Å²) in [6.07, 6.45) is 0. The molecule has 0 radical (unpaired) electrons. The van der Waals surface area contributed by atoms with E-state index in [1.54, 1.807) is 5.32 Å². The minimum absolute atomic E-state index is 0.850. The van der Waals surface area contributed by atoms with E-state index in [4.69, 9.17) is 0 Å². The highest BCUT2D eigenvalue weighted by Gasteiger charge is 2.47. The van der Waals surface area contributed by atoms with E-state index in [9.17, 15) is 18.4 Å². The molecule has 0 bridgehead atoms. The molecule has 0 fully saturated rings. The minimum atomic E-state index is -3.90. The van der Waals surface area contributed by atoms with Gasteiger partial charge in [-0.2, -0.15) is 8.78 Å². The van der Waals surface area contributed by atoms with E-state index in [2.05, 4.69) is 0 Å². The number of carbonyl (C=O) groups excluding carboxylic acids is 2. The van der Waals surface area contributed by atoms with Gasteiger partial charge in [-0.25, -0.2) is 0 Å². The molecule has 0 heterocycles. The maximum absolute atomic E-state index is 12.7. The number of Topliss-reactive ketones (excluding diaryl/α,β-unsaturated/α-hetero) is 1. The predicted octanol–water partition coefficient (Wildman–Crippen LogP) is 0.593. The van der Waals surface area contributed by atoms with Crippen LogP contribution in [0.5, 0.6) is 0 Å². The van der Waals surface area contributed by atoms with Crippen LogP contribution in [-0.4, -0.2) is 24.7 Å². The van der Waals surface area contributed by atoms with Crippen molar-refractivity contribution in [2.24, 2.45) is 5.92 Å². The number of halogens is 2. The van der Waals surface area contributed by atoms with E-state index >= 15 is 0 Å². The van der Waals surface area contributed by atoms with Gasteiger partial charge < -0.3 is 5.32 Å². The Balaban J connectivity index is 4.61. The highest BCUT2D eigenvalue weighted by Crippen LogP contribution is 2.19. The van der Waals surface area contributed by atoms with E-state index < -0.39 is 23.5 Å². The summed E-state index contributed by atoms with van der Waals surface area (Å²) in [6, 6.07) is 0. The van der Waals surface area contributed by atoms with Crippen LogP contribution in [0.15, 0.2) is 0 Å². The van der Waals surface area contributed by atoms with Crippen molar-refractivity contribution in [2.45, 2.75) is 19.8 Å². The molecule has 0 aliphatic heterocycles. The van der Waals surface area contributed by atoms with Crippen molar-refractivity contribution < 1.29 is 18.4 Å². The molecule has 0 rings (SSSR count). The third kappa shape index (κ3) is 1.99. The molecule has 70 valence electrons. The summed E-state index contributed by atoms with van der Waals surface area (Å²) in [5, 5.41) is 1.73. The van der Waals surface area contributed by atoms with E-state index in [1.807, 2.05) is 0 Å². The average Bonchev–Trinajstić information content (AvgIpc) is 2.01. The largest absolute Gasteiger partial charge is 0.381 e. The van der Waals surface area contributed by atoms with Crippen LogP contribution in [0, 0.1) is 5.92 Å². The molecule has 0 saturated heterocycles. The summed E-state index contributed by atoms with van der Waals surface area (Å²) in [5.41, 5.74) is 0. The van der Waals surface area contributed by atoms with E-state index in [0.717, 1.165) is 7.05 Å². The van der Waals surface area contributed by atoms with Crippen molar-refractivity contribution in [2.75, 3.05) is 7.05 Å². The van der Waals surface area contributed by atoms with Crippen molar-refractivity contribution in [3.63, 3.8) is 0 Å². The molecule has 12 heavy (non-hydrogen) atoms. The van der Waals surface area contributed by atoms with Gasteiger partial charge in [-0.05, 0) is 0 Å². The van der Waals surface area contributed by atoms with Crippen LogP contribution in [0.25, 0.3) is 0 Å². The maximum Gasteiger partial charge on any atom is 0.381 e. The van der Waals surface area contributed by atoms with Crippen LogP contribution in [0.4, 0.5) is 8.78 Å². The second-order valence-corrected chi connectivity index (χ2v) is 2.67. The lowest BCUT2D eigenvalue weighted by molar-refractivity contribution is -0.160. The van der Waals surface area contributed by atoms with Gasteiger partial charge in [-0.1, -0.05) is 13.8 Å². The molecule has 0 saturated carbocycles. The van der Waals surface area contributed by atoms with Crippen LogP contribution < -0.4 is 5.32 Å². The second-order valence-electron chi connectivity index (χ2n) is 2.67. The zero-order valence-corrected chi connectivity index (χ0v) is 7.15. The highest BCUT2D eigenvalue weighted by atomic mass is 19.3. The fourth-order valence-corrected chi connectivity index (χ4v) is 0.631. The molecule has 1 amide bonds. The molecular weight excluding hydrogens is 168 g/mol. The Morgan fingerprint density at radius 2 is 1.75 bits per heavy atom. The van der Waals surface area contributed by atoms with Gasteiger partial charge in [0, 0.05) is 13.0 Å². The lowest BCUT2D eigenvalue weighted by atomic mass is 10.0. The molecule has 0 unspecified atom stereocenters. The van der Waals surface area contributed by atoms with E-state index in [1.165, 1.54) is 13.8 Å². The Bertz CT molecular complexity index is 202. The SMILES string of the molecule is CNC(=O)C(F)(F)C(=O)C(C)C. The number of rotatable bonds is 3. The first-order valence-corrected chi connectivity index (χ1v) is 3.48. The standard InChI is InChI=1S/C7H11F2NO2/c1-4(2)5(11)7(8,9)6(12)10-3/h4H,1-3H3,(H,10,12). The Morgan fingerprint density at radius 1 is 1.33 bits per heavy atom. The van der Waals surface area contributed by atoms with Crippen molar-refractivity contribution in [3.05, 3.63) is 0 Å². The summed E-state index contributed by atoms with van der Waals surface area (Å²) in [6.45, 7) is 2.64. The van der Waals surface area contributed by atoms with Gasteiger partial charge in [0.1, 0.15) is 0 Å². The van der Waals surface area contributed by atoms with Gasteiger partial charge in [0.05, 0.1) is 0 Å². The van der Waals surface area contributed by atoms with Crippen LogP contribution in [0.1, 0.15) is 13.8 Å². The summed E-state index contributed by atoms with van der Waals surface area (Å²) < 4.78 is 25.4. The number of amides is 1. The zero-order valence-electron chi connectivity index (χ0n) is 7.15. The first kappa shape index (κ1) is 11.0. The summed E-state index contributed by atoms with van der Waals surface area (Å²) in [7, 11) is 1.06. The smallest absolute Gasteiger partial charge is 0.354 e. The number of alkyl halides is 2. The van der Waals surface area contributed by atoms with Crippen LogP contribution in [-0.2, 0) is 9.59 Å².